The smallest absolute Gasteiger partial charge is 0.226 e. The number of hydrogen-bond donors (Lipinski definition) is 1. The average molecular weight is 370 g/mol. The van der Waals surface area contributed by atoms with Crippen LogP contribution in [0.15, 0.2) is 30.3 Å². The first-order valence-electron chi connectivity index (χ1n) is 10.5. The number of rotatable bonds is 4. The van der Waals surface area contributed by atoms with Crippen LogP contribution in [0.25, 0.3) is 0 Å². The zero-order valence-electron chi connectivity index (χ0n) is 16.3. The molecule has 2 amide bonds. The van der Waals surface area contributed by atoms with Crippen molar-refractivity contribution >= 4 is 11.8 Å². The number of carbonyl (C=O) groups is 2. The van der Waals surface area contributed by atoms with Crippen molar-refractivity contribution in [1.82, 2.24) is 15.1 Å². The molecule has 0 radical (unpaired) electrons. The van der Waals surface area contributed by atoms with E-state index >= 15 is 0 Å². The number of piperidine rings is 2. The van der Waals surface area contributed by atoms with E-state index in [1.807, 2.05) is 37.4 Å². The van der Waals surface area contributed by atoms with Gasteiger partial charge in [-0.15, -0.1) is 0 Å². The molecule has 5 heteroatoms. The second-order valence-electron chi connectivity index (χ2n) is 8.42. The Bertz CT molecular complexity index is 675. The Morgan fingerprint density at radius 2 is 1.89 bits per heavy atom. The minimum Gasteiger partial charge on any atom is -0.355 e. The summed E-state index contributed by atoms with van der Waals surface area (Å²) in [7, 11) is 1.81. The monoisotopic (exact) mass is 369 g/mol. The minimum atomic E-state index is -0.295. The third-order valence-corrected chi connectivity index (χ3v) is 6.83. The van der Waals surface area contributed by atoms with E-state index in [1.54, 1.807) is 4.90 Å². The van der Waals surface area contributed by atoms with Crippen molar-refractivity contribution < 1.29 is 9.59 Å². The molecule has 3 fully saturated rings. The Morgan fingerprint density at radius 3 is 2.70 bits per heavy atom. The van der Waals surface area contributed by atoms with Crippen molar-refractivity contribution in [3.63, 3.8) is 0 Å². The highest BCUT2D eigenvalue weighted by Gasteiger charge is 2.43. The highest BCUT2D eigenvalue weighted by atomic mass is 16.2. The second kappa shape index (κ2) is 8.01. The van der Waals surface area contributed by atoms with E-state index in [4.69, 9.17) is 0 Å². The normalized spacial score (nSPS) is 31.6. The molecule has 3 aliphatic heterocycles. The Morgan fingerprint density at radius 1 is 1.11 bits per heavy atom. The standard InChI is InChI=1S/C22H31N3O2/c1-24-20(26)14-18(21(24)16-8-3-2-4-9-16)22(27)23-15-17-10-7-13-25-12-6-5-11-19(17)25/h2-4,8-9,17-19,21H,5-7,10-15H2,1H3,(H,23,27)/t17-,18?,19+,21?/m0/s1. The Hall–Kier alpha value is -1.88. The van der Waals surface area contributed by atoms with Gasteiger partial charge in [0.1, 0.15) is 0 Å². The van der Waals surface area contributed by atoms with Crippen molar-refractivity contribution in [3.8, 4) is 0 Å². The number of nitrogens with zero attached hydrogens (tertiary/aromatic N) is 2. The first-order valence-corrected chi connectivity index (χ1v) is 10.5. The molecule has 3 saturated heterocycles. The summed E-state index contributed by atoms with van der Waals surface area (Å²) in [5, 5.41) is 3.22. The van der Waals surface area contributed by atoms with Gasteiger partial charge in [0.05, 0.1) is 12.0 Å². The van der Waals surface area contributed by atoms with Gasteiger partial charge in [0.2, 0.25) is 11.8 Å². The summed E-state index contributed by atoms with van der Waals surface area (Å²) in [5.41, 5.74) is 1.04. The van der Waals surface area contributed by atoms with Crippen molar-refractivity contribution in [1.29, 1.82) is 0 Å². The second-order valence-corrected chi connectivity index (χ2v) is 8.42. The van der Waals surface area contributed by atoms with Crippen LogP contribution >= 0.6 is 0 Å². The topological polar surface area (TPSA) is 52.7 Å². The number of hydrogen-bond acceptors (Lipinski definition) is 3. The zero-order chi connectivity index (χ0) is 18.8. The van der Waals surface area contributed by atoms with E-state index in [0.29, 0.717) is 18.4 Å². The summed E-state index contributed by atoms with van der Waals surface area (Å²) in [6, 6.07) is 10.4. The molecule has 3 aliphatic rings. The van der Waals surface area contributed by atoms with Crippen LogP contribution in [0.3, 0.4) is 0 Å². The molecular formula is C22H31N3O2. The van der Waals surface area contributed by atoms with E-state index in [2.05, 4.69) is 10.2 Å². The molecule has 3 heterocycles. The Labute approximate surface area is 162 Å². The van der Waals surface area contributed by atoms with Gasteiger partial charge >= 0.3 is 0 Å². The summed E-state index contributed by atoms with van der Waals surface area (Å²) < 4.78 is 0. The molecule has 0 saturated carbocycles. The van der Waals surface area contributed by atoms with Gasteiger partial charge in [-0.25, -0.2) is 0 Å². The molecule has 0 aliphatic carbocycles. The van der Waals surface area contributed by atoms with Gasteiger partial charge in [-0.2, -0.15) is 0 Å². The lowest BCUT2D eigenvalue weighted by molar-refractivity contribution is -0.128. The van der Waals surface area contributed by atoms with E-state index in [9.17, 15) is 9.59 Å². The first-order chi connectivity index (χ1) is 13.1. The molecule has 1 aromatic rings. The number of likely N-dealkylation sites (tertiary alicyclic amines) is 1. The SMILES string of the molecule is CN1C(=O)CC(C(=O)NC[C@@H]2CCCN3CCCC[C@H]23)C1c1ccccc1. The molecule has 0 aromatic heterocycles. The molecule has 0 bridgehead atoms. The van der Waals surface area contributed by atoms with Crippen LogP contribution in [-0.2, 0) is 9.59 Å². The summed E-state index contributed by atoms with van der Waals surface area (Å²) in [5.74, 6) is 0.346. The highest BCUT2D eigenvalue weighted by Crippen LogP contribution is 2.37. The lowest BCUT2D eigenvalue weighted by Gasteiger charge is -2.44. The predicted molar refractivity (Wildman–Crippen MR) is 105 cm³/mol. The maximum Gasteiger partial charge on any atom is 0.226 e. The van der Waals surface area contributed by atoms with Crippen LogP contribution in [0.1, 0.15) is 50.1 Å². The summed E-state index contributed by atoms with van der Waals surface area (Å²) in [6.07, 6.45) is 6.62. The maximum atomic E-state index is 13.0. The number of carbonyl (C=O) groups excluding carboxylic acids is 2. The first kappa shape index (κ1) is 18.5. The molecule has 4 atom stereocenters. The number of amides is 2. The Balaban J connectivity index is 1.42. The fourth-order valence-electron chi connectivity index (χ4n) is 5.39. The molecule has 0 spiro atoms. The third-order valence-electron chi connectivity index (χ3n) is 6.83. The molecule has 146 valence electrons. The number of nitrogens with one attached hydrogen (secondary N) is 1. The van der Waals surface area contributed by atoms with E-state index < -0.39 is 0 Å². The van der Waals surface area contributed by atoms with Gasteiger partial charge < -0.3 is 15.1 Å². The number of fused-ring (bicyclic) bond motifs is 1. The van der Waals surface area contributed by atoms with Crippen LogP contribution in [0, 0.1) is 11.8 Å². The lowest BCUT2D eigenvalue weighted by atomic mass is 9.83. The van der Waals surface area contributed by atoms with Gasteiger partial charge in [0.25, 0.3) is 0 Å². The minimum absolute atomic E-state index is 0.0366. The number of benzene rings is 1. The van der Waals surface area contributed by atoms with Gasteiger partial charge in [0, 0.05) is 26.1 Å². The van der Waals surface area contributed by atoms with Crippen LogP contribution in [0.2, 0.25) is 0 Å². The third kappa shape index (κ3) is 3.75. The van der Waals surface area contributed by atoms with E-state index in [-0.39, 0.29) is 23.8 Å². The maximum absolute atomic E-state index is 13.0. The van der Waals surface area contributed by atoms with Crippen molar-refractivity contribution in [3.05, 3.63) is 35.9 Å². The Kier molecular flexibility index (Phi) is 5.48. The highest BCUT2D eigenvalue weighted by molar-refractivity contribution is 5.90. The molecule has 27 heavy (non-hydrogen) atoms. The molecule has 1 aromatic carbocycles. The molecule has 1 N–H and O–H groups in total. The van der Waals surface area contributed by atoms with E-state index in [1.165, 1.54) is 45.2 Å². The largest absolute Gasteiger partial charge is 0.355 e. The van der Waals surface area contributed by atoms with E-state index in [0.717, 1.165) is 12.1 Å². The van der Waals surface area contributed by atoms with Crippen molar-refractivity contribution in [2.45, 2.75) is 50.6 Å². The van der Waals surface area contributed by atoms with Crippen molar-refractivity contribution in [2.24, 2.45) is 11.8 Å². The van der Waals surface area contributed by atoms with Crippen molar-refractivity contribution in [2.75, 3.05) is 26.7 Å². The zero-order valence-corrected chi connectivity index (χ0v) is 16.3. The summed E-state index contributed by atoms with van der Waals surface area (Å²) in [4.78, 5) is 29.7. The van der Waals surface area contributed by atoms with Crippen LogP contribution in [-0.4, -0.2) is 54.3 Å². The van der Waals surface area contributed by atoms with Crippen LogP contribution in [0.5, 0.6) is 0 Å². The predicted octanol–water partition coefficient (Wildman–Crippen LogP) is 2.59. The fraction of sp³-hybridized carbons (Fsp3) is 0.636. The molecule has 2 unspecified atom stereocenters. The summed E-state index contributed by atoms with van der Waals surface area (Å²) in [6.45, 7) is 3.18. The van der Waals surface area contributed by atoms with Gasteiger partial charge in [-0.1, -0.05) is 36.8 Å². The fourth-order valence-corrected chi connectivity index (χ4v) is 5.39. The van der Waals surface area contributed by atoms with Gasteiger partial charge in [0.15, 0.2) is 0 Å². The lowest BCUT2D eigenvalue weighted by Crippen LogP contribution is -2.51. The summed E-state index contributed by atoms with van der Waals surface area (Å²) >= 11 is 0. The molecule has 4 rings (SSSR count). The molecule has 5 nitrogen and oxygen atoms in total. The molecular weight excluding hydrogens is 338 g/mol. The quantitative estimate of drug-likeness (QED) is 0.888. The van der Waals surface area contributed by atoms with Crippen LogP contribution in [0.4, 0.5) is 0 Å². The van der Waals surface area contributed by atoms with Gasteiger partial charge in [-0.3, -0.25) is 9.59 Å². The van der Waals surface area contributed by atoms with Gasteiger partial charge in [-0.05, 0) is 50.3 Å². The van der Waals surface area contributed by atoms with Crippen LogP contribution < -0.4 is 5.32 Å². The average Bonchev–Trinajstić information content (AvgIpc) is 3.01.